The summed E-state index contributed by atoms with van der Waals surface area (Å²) in [6.45, 7) is 9.03. The molecule has 8 heavy (non-hydrogen) atoms. The van der Waals surface area contributed by atoms with E-state index in [0.29, 0.717) is 5.76 Å². The van der Waals surface area contributed by atoms with Crippen molar-refractivity contribution in [1.82, 2.24) is 0 Å². The maximum absolute atomic E-state index is 8.81. The molecule has 0 fully saturated rings. The molecule has 0 bridgehead atoms. The maximum Gasteiger partial charge on any atom is 0.0923 e. The van der Waals surface area contributed by atoms with E-state index in [9.17, 15) is 0 Å². The third kappa shape index (κ3) is 1.82. The molecule has 0 aliphatic carbocycles. The molecule has 0 radical (unpaired) electrons. The van der Waals surface area contributed by atoms with Crippen LogP contribution in [-0.2, 0) is 0 Å². The van der Waals surface area contributed by atoms with Gasteiger partial charge in [0.15, 0.2) is 0 Å². The van der Waals surface area contributed by atoms with Gasteiger partial charge in [-0.1, -0.05) is 12.2 Å². The summed E-state index contributed by atoms with van der Waals surface area (Å²) in [5, 5.41) is 8.81. The van der Waals surface area contributed by atoms with Crippen LogP contribution in [0, 0.1) is 0 Å². The van der Waals surface area contributed by atoms with E-state index in [-0.39, 0.29) is 0 Å². The van der Waals surface area contributed by atoms with Crippen LogP contribution in [0.5, 0.6) is 0 Å². The van der Waals surface area contributed by atoms with Crippen LogP contribution in [0.2, 0.25) is 0 Å². The minimum Gasteiger partial charge on any atom is -0.512 e. The zero-order valence-corrected chi connectivity index (χ0v) is 5.65. The highest BCUT2D eigenvalue weighted by Gasteiger charge is 1.91. The Hall–Kier alpha value is -0.720. The smallest absolute Gasteiger partial charge is 0.0923 e. The molecule has 0 saturated carbocycles. The van der Waals surface area contributed by atoms with Crippen molar-refractivity contribution in [3.63, 3.8) is 0 Å². The second-order valence-electron chi connectivity index (χ2n) is 1.99. The fourth-order valence-corrected chi connectivity index (χ4v) is 0.309. The highest BCUT2D eigenvalue weighted by Crippen LogP contribution is 2.07. The minimum absolute atomic E-state index is 0.359. The van der Waals surface area contributed by atoms with E-state index < -0.39 is 0 Å². The molecule has 46 valence electrons. The van der Waals surface area contributed by atoms with Gasteiger partial charge in [-0.25, -0.2) is 0 Å². The van der Waals surface area contributed by atoms with Crippen LogP contribution < -0.4 is 0 Å². The fourth-order valence-electron chi connectivity index (χ4n) is 0.309. The number of allylic oxidation sites excluding steroid dienone is 3. The molecule has 0 saturated heterocycles. The van der Waals surface area contributed by atoms with Crippen LogP contribution >= 0.6 is 0 Å². The van der Waals surface area contributed by atoms with E-state index in [1.165, 1.54) is 0 Å². The van der Waals surface area contributed by atoms with Gasteiger partial charge in [0.25, 0.3) is 0 Å². The van der Waals surface area contributed by atoms with Crippen LogP contribution in [0.3, 0.4) is 0 Å². The first-order valence-electron chi connectivity index (χ1n) is 2.58. The van der Waals surface area contributed by atoms with Gasteiger partial charge >= 0.3 is 0 Å². The molecule has 0 amide bonds. The van der Waals surface area contributed by atoms with Crippen molar-refractivity contribution in [2.75, 3.05) is 0 Å². The van der Waals surface area contributed by atoms with Crippen LogP contribution in [0.4, 0.5) is 0 Å². The third-order valence-electron chi connectivity index (χ3n) is 1.18. The SMILES string of the molecule is C=C(C)C(C)=C(C)O. The molecule has 0 aromatic rings. The molecule has 0 atom stereocenters. The summed E-state index contributed by atoms with van der Waals surface area (Å²) in [6.07, 6.45) is 0. The first kappa shape index (κ1) is 7.28. The molecule has 1 nitrogen and oxygen atoms in total. The quantitative estimate of drug-likeness (QED) is 0.408. The second kappa shape index (κ2) is 2.55. The van der Waals surface area contributed by atoms with Crippen molar-refractivity contribution in [2.24, 2.45) is 0 Å². The Labute approximate surface area is 50.3 Å². The molecule has 0 unspecified atom stereocenters. The lowest BCUT2D eigenvalue weighted by Gasteiger charge is -1.97. The van der Waals surface area contributed by atoms with Crippen molar-refractivity contribution >= 4 is 0 Å². The molecular formula is C7H12O. The number of hydrogen-bond donors (Lipinski definition) is 1. The lowest BCUT2D eigenvalue weighted by Crippen LogP contribution is -1.81. The summed E-state index contributed by atoms with van der Waals surface area (Å²) in [5.41, 5.74) is 1.80. The van der Waals surface area contributed by atoms with Crippen LogP contribution in [-0.4, -0.2) is 5.11 Å². The van der Waals surface area contributed by atoms with Gasteiger partial charge in [-0.15, -0.1) is 0 Å². The monoisotopic (exact) mass is 112 g/mol. The number of rotatable bonds is 1. The van der Waals surface area contributed by atoms with E-state index in [2.05, 4.69) is 6.58 Å². The predicted octanol–water partition coefficient (Wildman–Crippen LogP) is 2.41. The summed E-state index contributed by atoms with van der Waals surface area (Å²) in [6, 6.07) is 0. The number of aliphatic hydroxyl groups excluding tert-OH is 1. The summed E-state index contributed by atoms with van der Waals surface area (Å²) in [5.74, 6) is 0.359. The van der Waals surface area contributed by atoms with Gasteiger partial charge in [0, 0.05) is 0 Å². The Bertz CT molecular complexity index is 127. The average molecular weight is 112 g/mol. The normalized spacial score (nSPS) is 12.9. The predicted molar refractivity (Wildman–Crippen MR) is 35.8 cm³/mol. The molecular weight excluding hydrogens is 100 g/mol. The molecule has 0 aliphatic rings. The lowest BCUT2D eigenvalue weighted by molar-refractivity contribution is 0.408. The molecule has 0 spiro atoms. The lowest BCUT2D eigenvalue weighted by atomic mass is 10.1. The third-order valence-corrected chi connectivity index (χ3v) is 1.18. The number of aliphatic hydroxyl groups is 1. The largest absolute Gasteiger partial charge is 0.512 e. The van der Waals surface area contributed by atoms with Crippen molar-refractivity contribution in [1.29, 1.82) is 0 Å². The minimum atomic E-state index is 0.359. The van der Waals surface area contributed by atoms with E-state index in [1.807, 2.05) is 13.8 Å². The maximum atomic E-state index is 8.81. The first-order chi connectivity index (χ1) is 3.55. The van der Waals surface area contributed by atoms with Gasteiger partial charge in [-0.2, -0.15) is 0 Å². The average Bonchev–Trinajstić information content (AvgIpc) is 1.64. The highest BCUT2D eigenvalue weighted by atomic mass is 16.3. The van der Waals surface area contributed by atoms with Gasteiger partial charge in [0.2, 0.25) is 0 Å². The first-order valence-corrected chi connectivity index (χ1v) is 2.58. The van der Waals surface area contributed by atoms with Crippen LogP contribution in [0.15, 0.2) is 23.5 Å². The van der Waals surface area contributed by atoms with Crippen molar-refractivity contribution < 1.29 is 5.11 Å². The molecule has 1 heteroatoms. The summed E-state index contributed by atoms with van der Waals surface area (Å²) in [4.78, 5) is 0. The second-order valence-corrected chi connectivity index (χ2v) is 1.99. The van der Waals surface area contributed by atoms with E-state index in [1.54, 1.807) is 6.92 Å². The Morgan fingerprint density at radius 2 is 1.62 bits per heavy atom. The van der Waals surface area contributed by atoms with Gasteiger partial charge in [-0.05, 0) is 26.3 Å². The molecule has 0 aromatic heterocycles. The standard InChI is InChI=1S/C7H12O/c1-5(2)6(3)7(4)8/h8H,1H2,2-4H3. The van der Waals surface area contributed by atoms with E-state index in [4.69, 9.17) is 5.11 Å². The topological polar surface area (TPSA) is 20.2 Å². The van der Waals surface area contributed by atoms with Gasteiger partial charge in [0.1, 0.15) is 0 Å². The highest BCUT2D eigenvalue weighted by molar-refractivity contribution is 5.25. The summed E-state index contributed by atoms with van der Waals surface area (Å²) >= 11 is 0. The summed E-state index contributed by atoms with van der Waals surface area (Å²) in [7, 11) is 0. The zero-order chi connectivity index (χ0) is 6.73. The Kier molecular flexibility index (Phi) is 2.32. The van der Waals surface area contributed by atoms with Crippen molar-refractivity contribution in [3.05, 3.63) is 23.5 Å². The Balaban J connectivity index is 4.23. The Morgan fingerprint density at radius 1 is 1.25 bits per heavy atom. The van der Waals surface area contributed by atoms with Gasteiger partial charge in [-0.3, -0.25) is 0 Å². The van der Waals surface area contributed by atoms with Crippen molar-refractivity contribution in [2.45, 2.75) is 20.8 Å². The molecule has 1 N–H and O–H groups in total. The van der Waals surface area contributed by atoms with E-state index in [0.717, 1.165) is 11.1 Å². The number of hydrogen-bond acceptors (Lipinski definition) is 1. The van der Waals surface area contributed by atoms with Crippen molar-refractivity contribution in [3.8, 4) is 0 Å². The van der Waals surface area contributed by atoms with Crippen LogP contribution in [0.25, 0.3) is 0 Å². The molecule has 0 rings (SSSR count). The van der Waals surface area contributed by atoms with E-state index >= 15 is 0 Å². The molecule has 0 heterocycles. The zero-order valence-electron chi connectivity index (χ0n) is 5.65. The fraction of sp³-hybridized carbons (Fsp3) is 0.429. The summed E-state index contributed by atoms with van der Waals surface area (Å²) < 4.78 is 0. The Morgan fingerprint density at radius 3 is 1.62 bits per heavy atom. The molecule has 0 aliphatic heterocycles. The van der Waals surface area contributed by atoms with Crippen LogP contribution in [0.1, 0.15) is 20.8 Å². The van der Waals surface area contributed by atoms with Gasteiger partial charge < -0.3 is 5.11 Å². The van der Waals surface area contributed by atoms with Gasteiger partial charge in [0.05, 0.1) is 5.76 Å². The molecule has 0 aromatic carbocycles.